The van der Waals surface area contributed by atoms with Gasteiger partial charge < -0.3 is 20.1 Å². The number of carboxylic acid groups (broad SMARTS) is 1. The Morgan fingerprint density at radius 3 is 2.23 bits per heavy atom. The van der Waals surface area contributed by atoms with E-state index in [-0.39, 0.29) is 36.9 Å². The molecule has 184 valence electrons. The van der Waals surface area contributed by atoms with Crippen LogP contribution in [0.15, 0.2) is 48.5 Å². The van der Waals surface area contributed by atoms with Crippen LogP contribution in [-0.4, -0.2) is 53.7 Å². The molecule has 0 spiro atoms. The molecule has 0 aliphatic heterocycles. The van der Waals surface area contributed by atoms with Crippen molar-refractivity contribution in [1.82, 2.24) is 10.2 Å². The predicted molar refractivity (Wildman–Crippen MR) is 131 cm³/mol. The molecule has 2 unspecified atom stereocenters. The highest BCUT2D eigenvalue weighted by Crippen LogP contribution is 2.44. The van der Waals surface area contributed by atoms with Crippen LogP contribution in [0.4, 0.5) is 4.79 Å². The van der Waals surface area contributed by atoms with Crippen molar-refractivity contribution >= 4 is 18.0 Å². The van der Waals surface area contributed by atoms with Gasteiger partial charge in [-0.15, -0.1) is 0 Å². The van der Waals surface area contributed by atoms with E-state index in [1.54, 1.807) is 0 Å². The number of nitrogens with one attached hydrogen (secondary N) is 1. The summed E-state index contributed by atoms with van der Waals surface area (Å²) in [5.74, 6) is -0.917. The predicted octanol–water partition coefficient (Wildman–Crippen LogP) is 4.41. The van der Waals surface area contributed by atoms with Gasteiger partial charge in [-0.25, -0.2) is 4.79 Å². The number of benzene rings is 2. The highest BCUT2D eigenvalue weighted by molar-refractivity contribution is 5.83. The lowest BCUT2D eigenvalue weighted by Gasteiger charge is -2.32. The van der Waals surface area contributed by atoms with E-state index < -0.39 is 12.1 Å². The van der Waals surface area contributed by atoms with E-state index in [0.717, 1.165) is 32.1 Å². The van der Waals surface area contributed by atoms with E-state index in [1.165, 1.54) is 27.2 Å². The number of carbonyl (C=O) groups excluding carboxylic acids is 2. The number of alkyl carbamates (subject to hydrolysis) is 1. The third-order valence-corrected chi connectivity index (χ3v) is 7.50. The van der Waals surface area contributed by atoms with Crippen molar-refractivity contribution in [2.75, 3.05) is 19.7 Å². The van der Waals surface area contributed by atoms with Gasteiger partial charge in [-0.2, -0.15) is 0 Å². The fourth-order valence-corrected chi connectivity index (χ4v) is 5.62. The van der Waals surface area contributed by atoms with Crippen molar-refractivity contribution in [3.63, 3.8) is 0 Å². The Morgan fingerprint density at radius 1 is 0.943 bits per heavy atom. The Bertz CT molecular complexity index is 1070. The van der Waals surface area contributed by atoms with E-state index in [1.807, 2.05) is 24.3 Å². The summed E-state index contributed by atoms with van der Waals surface area (Å²) in [6.45, 7) is 0.519. The lowest BCUT2D eigenvalue weighted by atomic mass is 9.84. The first kappa shape index (κ1) is 23.4. The zero-order valence-corrected chi connectivity index (χ0v) is 19.8. The van der Waals surface area contributed by atoms with Crippen molar-refractivity contribution in [3.8, 4) is 11.1 Å². The van der Waals surface area contributed by atoms with Crippen molar-refractivity contribution in [2.45, 2.75) is 50.5 Å². The molecule has 0 radical (unpaired) electrons. The largest absolute Gasteiger partial charge is 0.480 e. The van der Waals surface area contributed by atoms with Gasteiger partial charge in [0.25, 0.3) is 0 Å². The fourth-order valence-electron chi connectivity index (χ4n) is 5.62. The molecule has 0 bridgehead atoms. The Morgan fingerprint density at radius 2 is 1.60 bits per heavy atom. The van der Waals surface area contributed by atoms with Crippen molar-refractivity contribution in [2.24, 2.45) is 11.8 Å². The van der Waals surface area contributed by atoms with Crippen molar-refractivity contribution in [3.05, 3.63) is 59.7 Å². The first-order valence-corrected chi connectivity index (χ1v) is 12.6. The summed E-state index contributed by atoms with van der Waals surface area (Å²) in [6.07, 6.45) is 4.49. The van der Waals surface area contributed by atoms with Gasteiger partial charge >= 0.3 is 12.1 Å². The summed E-state index contributed by atoms with van der Waals surface area (Å²) in [4.78, 5) is 38.6. The average Bonchev–Trinajstić information content (AvgIpc) is 3.62. The molecule has 0 saturated heterocycles. The molecule has 7 heteroatoms. The lowest BCUT2D eigenvalue weighted by molar-refractivity contribution is -0.147. The smallest absolute Gasteiger partial charge is 0.407 e. The summed E-state index contributed by atoms with van der Waals surface area (Å²) >= 11 is 0. The number of carboxylic acids is 1. The van der Waals surface area contributed by atoms with Gasteiger partial charge in [-0.3, -0.25) is 9.59 Å². The summed E-state index contributed by atoms with van der Waals surface area (Å²) in [6, 6.07) is 16.3. The number of fused-ring (bicyclic) bond motifs is 3. The monoisotopic (exact) mass is 476 g/mol. The molecular formula is C28H32N2O5. The topological polar surface area (TPSA) is 95.9 Å². The van der Waals surface area contributed by atoms with Crippen LogP contribution in [0.3, 0.4) is 0 Å². The molecule has 2 amide bonds. The molecule has 0 aromatic heterocycles. The molecule has 2 aromatic carbocycles. The molecule has 35 heavy (non-hydrogen) atoms. The van der Waals surface area contributed by atoms with Crippen molar-refractivity contribution in [1.29, 1.82) is 0 Å². The van der Waals surface area contributed by atoms with E-state index in [4.69, 9.17) is 4.74 Å². The molecule has 2 fully saturated rings. The first-order valence-electron chi connectivity index (χ1n) is 12.6. The van der Waals surface area contributed by atoms with Gasteiger partial charge in [0.1, 0.15) is 13.2 Å². The van der Waals surface area contributed by atoms with Crippen LogP contribution in [0, 0.1) is 11.8 Å². The van der Waals surface area contributed by atoms with Crippen LogP contribution >= 0.6 is 0 Å². The number of rotatable bonds is 8. The summed E-state index contributed by atoms with van der Waals surface area (Å²) in [5, 5.41) is 12.2. The van der Waals surface area contributed by atoms with E-state index >= 15 is 0 Å². The van der Waals surface area contributed by atoms with Gasteiger partial charge in [0, 0.05) is 24.4 Å². The first-order chi connectivity index (χ1) is 17.0. The Hall–Kier alpha value is -3.35. The number of nitrogens with zero attached hydrogens (tertiary/aromatic N) is 1. The highest BCUT2D eigenvalue weighted by atomic mass is 16.5. The molecule has 3 aliphatic rings. The second kappa shape index (κ2) is 10.1. The second-order valence-corrected chi connectivity index (χ2v) is 10.1. The SMILES string of the molecule is O=C(O)CN(CC1CC1)C(=O)C1CCCC(NC(=O)OCC2c3ccccc3-c3ccccc32)C1. The van der Waals surface area contributed by atoms with E-state index in [2.05, 4.69) is 29.6 Å². The maximum absolute atomic E-state index is 13.1. The average molecular weight is 477 g/mol. The molecule has 7 nitrogen and oxygen atoms in total. The summed E-state index contributed by atoms with van der Waals surface area (Å²) in [7, 11) is 0. The Labute approximate surface area is 205 Å². The van der Waals surface area contributed by atoms with E-state index in [9.17, 15) is 19.5 Å². The zero-order chi connectivity index (χ0) is 24.4. The van der Waals surface area contributed by atoms with Gasteiger partial charge in [0.05, 0.1) is 0 Å². The standard InChI is InChI=1S/C28H32N2O5/c31-26(32)16-30(15-18-12-13-18)27(33)19-6-5-7-20(14-19)29-28(34)35-17-25-23-10-3-1-8-21(23)22-9-2-4-11-24(22)25/h1-4,8-11,18-20,25H,5-7,12-17H2,(H,29,34)(H,31,32). The van der Waals surface area contributed by atoms with Crippen LogP contribution in [-0.2, 0) is 14.3 Å². The van der Waals surface area contributed by atoms with Crippen molar-refractivity contribution < 1.29 is 24.2 Å². The number of aliphatic carboxylic acids is 1. The number of hydrogen-bond acceptors (Lipinski definition) is 4. The summed E-state index contributed by atoms with van der Waals surface area (Å²) < 4.78 is 5.68. The lowest BCUT2D eigenvalue weighted by Crippen LogP contribution is -2.46. The molecular weight excluding hydrogens is 444 g/mol. The Balaban J connectivity index is 1.17. The summed E-state index contributed by atoms with van der Waals surface area (Å²) in [5.41, 5.74) is 4.70. The van der Waals surface area contributed by atoms with E-state index in [0.29, 0.717) is 18.9 Å². The van der Waals surface area contributed by atoms with Crippen LogP contribution < -0.4 is 5.32 Å². The minimum Gasteiger partial charge on any atom is -0.480 e. The highest BCUT2D eigenvalue weighted by Gasteiger charge is 2.35. The van der Waals surface area contributed by atoms with Crippen LogP contribution in [0.1, 0.15) is 55.6 Å². The van der Waals surface area contributed by atoms with Crippen LogP contribution in [0.5, 0.6) is 0 Å². The molecule has 2 atom stereocenters. The van der Waals surface area contributed by atoms with Gasteiger partial charge in [0.15, 0.2) is 0 Å². The minimum atomic E-state index is -0.983. The van der Waals surface area contributed by atoms with Gasteiger partial charge in [-0.1, -0.05) is 55.0 Å². The van der Waals surface area contributed by atoms with Gasteiger partial charge in [0.2, 0.25) is 5.91 Å². The number of amides is 2. The zero-order valence-electron chi connectivity index (χ0n) is 19.8. The number of ether oxygens (including phenoxy) is 1. The Kier molecular flexibility index (Phi) is 6.75. The number of hydrogen-bond donors (Lipinski definition) is 2. The quantitative estimate of drug-likeness (QED) is 0.589. The molecule has 2 saturated carbocycles. The van der Waals surface area contributed by atoms with Crippen LogP contribution in [0.2, 0.25) is 0 Å². The molecule has 3 aliphatic carbocycles. The normalized spacial score (nSPS) is 21.0. The third kappa shape index (κ3) is 5.34. The van der Waals surface area contributed by atoms with Gasteiger partial charge in [-0.05, 0) is 60.3 Å². The third-order valence-electron chi connectivity index (χ3n) is 7.50. The fraction of sp³-hybridized carbons (Fsp3) is 0.464. The second-order valence-electron chi connectivity index (χ2n) is 10.1. The number of carbonyl (C=O) groups is 3. The molecule has 0 heterocycles. The maximum Gasteiger partial charge on any atom is 0.407 e. The maximum atomic E-state index is 13.1. The van der Waals surface area contributed by atoms with Crippen LogP contribution in [0.25, 0.3) is 11.1 Å². The molecule has 2 aromatic rings. The minimum absolute atomic E-state index is 0.000771. The molecule has 2 N–H and O–H groups in total. The molecule has 5 rings (SSSR count).